The first-order valence-corrected chi connectivity index (χ1v) is 9.46. The van der Waals surface area contributed by atoms with Crippen molar-refractivity contribution < 1.29 is 0 Å². The predicted molar refractivity (Wildman–Crippen MR) is 119 cm³/mol. The summed E-state index contributed by atoms with van der Waals surface area (Å²) in [6.45, 7) is 6.27. The Bertz CT molecular complexity index is 561. The number of hydrogen-bond donors (Lipinski definition) is 2. The van der Waals surface area contributed by atoms with Crippen molar-refractivity contribution in [3.8, 4) is 0 Å². The molecule has 0 bridgehead atoms. The summed E-state index contributed by atoms with van der Waals surface area (Å²) in [6.07, 6.45) is 5.16. The third-order valence-corrected chi connectivity index (χ3v) is 5.57. The van der Waals surface area contributed by atoms with Crippen LogP contribution < -0.4 is 10.6 Å². The highest BCUT2D eigenvalue weighted by molar-refractivity contribution is 14.0. The maximum atomic E-state index is 6.09. The normalized spacial score (nSPS) is 18.8. The molecule has 0 radical (unpaired) electrons. The van der Waals surface area contributed by atoms with Crippen molar-refractivity contribution >= 4 is 53.1 Å². The fourth-order valence-corrected chi connectivity index (χ4v) is 3.55. The number of nitrogens with one attached hydrogen (secondary N) is 2. The fraction of sp³-hybridized carbons (Fsp3) is 0.706. The van der Waals surface area contributed by atoms with Gasteiger partial charge in [0.2, 0.25) is 0 Å². The van der Waals surface area contributed by atoms with Gasteiger partial charge in [-0.15, -0.1) is 24.0 Å². The molecule has 0 saturated carbocycles. The van der Waals surface area contributed by atoms with Gasteiger partial charge in [0.1, 0.15) is 5.15 Å². The Kier molecular flexibility index (Phi) is 10.5. The van der Waals surface area contributed by atoms with E-state index in [-0.39, 0.29) is 24.0 Å². The van der Waals surface area contributed by atoms with Gasteiger partial charge in [-0.25, -0.2) is 0 Å². The smallest absolute Gasteiger partial charge is 0.191 e. The first-order valence-electron chi connectivity index (χ1n) is 8.71. The minimum atomic E-state index is 0. The number of halogens is 3. The van der Waals surface area contributed by atoms with E-state index in [1.54, 1.807) is 7.05 Å². The number of hydrogen-bond acceptors (Lipinski definition) is 2. The van der Waals surface area contributed by atoms with Crippen LogP contribution in [0.1, 0.15) is 38.3 Å². The maximum Gasteiger partial charge on any atom is 0.191 e. The molecule has 2 heterocycles. The number of guanidine groups is 1. The summed E-state index contributed by atoms with van der Waals surface area (Å²) in [5.74, 6) is 0.801. The predicted octanol–water partition coefficient (Wildman–Crippen LogP) is 3.88. The molecule has 1 atom stereocenters. The van der Waals surface area contributed by atoms with Crippen molar-refractivity contribution in [1.29, 1.82) is 0 Å². The van der Waals surface area contributed by atoms with Crippen molar-refractivity contribution in [2.45, 2.75) is 45.2 Å². The number of likely N-dealkylation sites (tertiary alicyclic amines) is 1. The second-order valence-corrected chi connectivity index (χ2v) is 7.19. The van der Waals surface area contributed by atoms with Crippen molar-refractivity contribution in [3.05, 3.63) is 21.9 Å². The Morgan fingerprint density at radius 2 is 2.08 bits per heavy atom. The summed E-state index contributed by atoms with van der Waals surface area (Å²) in [5, 5.41) is 7.81. The van der Waals surface area contributed by atoms with Crippen LogP contribution in [0.25, 0.3) is 0 Å². The minimum Gasteiger partial charge on any atom is -0.356 e. The van der Waals surface area contributed by atoms with Gasteiger partial charge in [0, 0.05) is 38.9 Å². The zero-order valence-corrected chi connectivity index (χ0v) is 19.2. The molecular formula is C17H30Cl2IN5. The molecule has 0 amide bonds. The summed E-state index contributed by atoms with van der Waals surface area (Å²) in [6, 6.07) is 2.60. The van der Waals surface area contributed by atoms with Crippen LogP contribution in [0.2, 0.25) is 10.2 Å². The van der Waals surface area contributed by atoms with Crippen LogP contribution in [0.3, 0.4) is 0 Å². The molecule has 5 nitrogen and oxygen atoms in total. The molecule has 8 heteroatoms. The zero-order valence-electron chi connectivity index (χ0n) is 15.3. The monoisotopic (exact) mass is 501 g/mol. The molecule has 0 spiro atoms. The second-order valence-electron chi connectivity index (χ2n) is 6.42. The van der Waals surface area contributed by atoms with Crippen molar-refractivity contribution in [3.63, 3.8) is 0 Å². The maximum absolute atomic E-state index is 6.09. The Morgan fingerprint density at radius 1 is 1.32 bits per heavy atom. The topological polar surface area (TPSA) is 44.6 Å². The van der Waals surface area contributed by atoms with E-state index in [4.69, 9.17) is 23.2 Å². The summed E-state index contributed by atoms with van der Waals surface area (Å²) >= 11 is 12.1. The number of aliphatic imine (C=N–C) groups is 1. The van der Waals surface area contributed by atoms with Crippen LogP contribution in [0.15, 0.2) is 11.1 Å². The standard InChI is InChI=1S/C17H29Cl2N5.HI/c1-13-7-4-5-9-24(13)10-6-8-21-17(20-2)22-12-14-11-15(18)16(19)23(14)3;/h11,13H,4-10,12H2,1-3H3,(H2,20,21,22);1H. The van der Waals surface area contributed by atoms with E-state index in [9.17, 15) is 0 Å². The Balaban J connectivity index is 0.00000312. The lowest BCUT2D eigenvalue weighted by molar-refractivity contribution is 0.159. The first-order chi connectivity index (χ1) is 11.5. The molecule has 2 N–H and O–H groups in total. The molecular weight excluding hydrogens is 472 g/mol. The Morgan fingerprint density at radius 3 is 2.68 bits per heavy atom. The average molecular weight is 502 g/mol. The lowest BCUT2D eigenvalue weighted by Crippen LogP contribution is -2.41. The van der Waals surface area contributed by atoms with Crippen LogP contribution in [0.4, 0.5) is 0 Å². The lowest BCUT2D eigenvalue weighted by Gasteiger charge is -2.33. The van der Waals surface area contributed by atoms with E-state index >= 15 is 0 Å². The zero-order chi connectivity index (χ0) is 17.5. The summed E-state index contributed by atoms with van der Waals surface area (Å²) in [4.78, 5) is 6.86. The number of piperidine rings is 1. The number of aromatic nitrogens is 1. The van der Waals surface area contributed by atoms with Crippen LogP contribution >= 0.6 is 47.2 Å². The fourth-order valence-electron chi connectivity index (χ4n) is 3.13. The summed E-state index contributed by atoms with van der Waals surface area (Å²) in [7, 11) is 3.69. The van der Waals surface area contributed by atoms with Crippen molar-refractivity contribution in [2.75, 3.05) is 26.7 Å². The summed E-state index contributed by atoms with van der Waals surface area (Å²) in [5.41, 5.74) is 1.02. The molecule has 1 fully saturated rings. The van der Waals surface area contributed by atoms with Crippen molar-refractivity contribution in [1.82, 2.24) is 20.1 Å². The van der Waals surface area contributed by atoms with Gasteiger partial charge >= 0.3 is 0 Å². The third-order valence-electron chi connectivity index (χ3n) is 4.73. The molecule has 2 rings (SSSR count). The number of rotatable bonds is 6. The summed E-state index contributed by atoms with van der Waals surface area (Å²) < 4.78 is 1.88. The van der Waals surface area contributed by atoms with E-state index in [1.165, 1.54) is 25.8 Å². The third kappa shape index (κ3) is 6.81. The van der Waals surface area contributed by atoms with Gasteiger partial charge < -0.3 is 20.1 Å². The first kappa shape index (κ1) is 22.9. The van der Waals surface area contributed by atoms with Gasteiger partial charge in [-0.3, -0.25) is 4.99 Å². The lowest BCUT2D eigenvalue weighted by atomic mass is 10.0. The minimum absolute atomic E-state index is 0. The molecule has 1 aliphatic rings. The van der Waals surface area contributed by atoms with Gasteiger partial charge in [0.15, 0.2) is 5.96 Å². The quantitative estimate of drug-likeness (QED) is 0.269. The highest BCUT2D eigenvalue weighted by atomic mass is 127. The van der Waals surface area contributed by atoms with Crippen LogP contribution in [-0.4, -0.2) is 48.2 Å². The van der Waals surface area contributed by atoms with E-state index in [2.05, 4.69) is 27.4 Å². The number of nitrogens with zero attached hydrogens (tertiary/aromatic N) is 3. The highest BCUT2D eigenvalue weighted by Crippen LogP contribution is 2.24. The largest absolute Gasteiger partial charge is 0.356 e. The Hall–Kier alpha value is -0.180. The molecule has 25 heavy (non-hydrogen) atoms. The Labute approximate surface area is 178 Å². The van der Waals surface area contributed by atoms with E-state index in [0.29, 0.717) is 16.7 Å². The molecule has 1 unspecified atom stereocenters. The highest BCUT2D eigenvalue weighted by Gasteiger charge is 2.17. The molecule has 0 aliphatic carbocycles. The molecule has 1 saturated heterocycles. The molecule has 144 valence electrons. The van der Waals surface area contributed by atoms with Gasteiger partial charge in [-0.2, -0.15) is 0 Å². The van der Waals surface area contributed by atoms with Gasteiger partial charge in [0.05, 0.1) is 11.6 Å². The molecule has 1 aromatic rings. The molecule has 1 aliphatic heterocycles. The van der Waals surface area contributed by atoms with E-state index in [1.807, 2.05) is 17.7 Å². The van der Waals surface area contributed by atoms with Crippen LogP contribution in [0, 0.1) is 0 Å². The van der Waals surface area contributed by atoms with E-state index in [0.717, 1.165) is 37.2 Å². The van der Waals surface area contributed by atoms with Crippen LogP contribution in [-0.2, 0) is 13.6 Å². The molecule has 0 aromatic carbocycles. The van der Waals surface area contributed by atoms with Crippen LogP contribution in [0.5, 0.6) is 0 Å². The van der Waals surface area contributed by atoms with Gasteiger partial charge in [-0.05, 0) is 38.8 Å². The van der Waals surface area contributed by atoms with Gasteiger partial charge in [0.25, 0.3) is 0 Å². The molecule has 1 aromatic heterocycles. The average Bonchev–Trinajstić information content (AvgIpc) is 2.83. The second kappa shape index (κ2) is 11.5. The van der Waals surface area contributed by atoms with E-state index < -0.39 is 0 Å². The SMILES string of the molecule is CN=C(NCCCN1CCCCC1C)NCc1cc(Cl)c(Cl)n1C.I. The van der Waals surface area contributed by atoms with Gasteiger partial charge in [-0.1, -0.05) is 29.6 Å². The van der Waals surface area contributed by atoms with Crippen molar-refractivity contribution in [2.24, 2.45) is 12.0 Å².